The second-order valence-electron chi connectivity index (χ2n) is 5.49. The number of hydrogen-bond donors (Lipinski definition) is 2. The standard InChI is InChI=1S/C15H20N2O4S.ClH/c1-11(18)12-7-9-14(10-8-12)22(20,21)17-15(19)16-13-5-3-2-4-6-13;/h7-10,13H,2-6H2,1H3,(H2,16,17,19);1H. The van der Waals surface area contributed by atoms with Gasteiger partial charge in [0, 0.05) is 11.6 Å². The molecule has 0 bridgehead atoms. The number of ketones is 1. The normalized spacial score (nSPS) is 15.3. The first kappa shape index (κ1) is 19.4. The Morgan fingerprint density at radius 2 is 1.61 bits per heavy atom. The van der Waals surface area contributed by atoms with E-state index in [0.717, 1.165) is 32.1 Å². The molecule has 0 aliphatic heterocycles. The number of sulfonamides is 1. The molecule has 128 valence electrons. The Morgan fingerprint density at radius 3 is 2.13 bits per heavy atom. The highest BCUT2D eigenvalue weighted by atomic mass is 35.5. The third kappa shape index (κ3) is 5.51. The van der Waals surface area contributed by atoms with Gasteiger partial charge >= 0.3 is 6.03 Å². The largest absolute Gasteiger partial charge is 0.335 e. The molecule has 8 heteroatoms. The predicted molar refractivity (Wildman–Crippen MR) is 89.4 cm³/mol. The van der Waals surface area contributed by atoms with Gasteiger partial charge in [-0.25, -0.2) is 17.9 Å². The van der Waals surface area contributed by atoms with E-state index in [9.17, 15) is 18.0 Å². The van der Waals surface area contributed by atoms with Crippen LogP contribution in [0.25, 0.3) is 0 Å². The lowest BCUT2D eigenvalue weighted by Gasteiger charge is -2.22. The Balaban J connectivity index is 0.00000264. The molecule has 0 unspecified atom stereocenters. The number of nitrogens with one attached hydrogen (secondary N) is 2. The molecule has 0 spiro atoms. The molecule has 2 rings (SSSR count). The second kappa shape index (κ2) is 8.31. The number of carbonyl (C=O) groups is 2. The van der Waals surface area contributed by atoms with E-state index in [2.05, 4.69) is 5.32 Å². The first-order valence-electron chi connectivity index (χ1n) is 7.33. The van der Waals surface area contributed by atoms with Crippen LogP contribution in [-0.2, 0) is 10.0 Å². The zero-order chi connectivity index (χ0) is 16.2. The molecule has 1 aromatic carbocycles. The molecule has 0 aromatic heterocycles. The van der Waals surface area contributed by atoms with Gasteiger partial charge in [0.2, 0.25) is 0 Å². The van der Waals surface area contributed by atoms with Crippen LogP contribution >= 0.6 is 12.4 Å². The average molecular weight is 361 g/mol. The lowest BCUT2D eigenvalue weighted by molar-refractivity contribution is 0.101. The van der Waals surface area contributed by atoms with Crippen LogP contribution < -0.4 is 10.0 Å². The maximum Gasteiger partial charge on any atom is 0.328 e. The Hall–Kier alpha value is -1.60. The number of carbonyl (C=O) groups excluding carboxylic acids is 2. The Labute approximate surface area is 142 Å². The first-order chi connectivity index (χ1) is 10.4. The molecule has 23 heavy (non-hydrogen) atoms. The van der Waals surface area contributed by atoms with Gasteiger partial charge in [-0.15, -0.1) is 12.4 Å². The van der Waals surface area contributed by atoms with Gasteiger partial charge in [-0.1, -0.05) is 31.4 Å². The fraction of sp³-hybridized carbons (Fsp3) is 0.467. The van der Waals surface area contributed by atoms with E-state index in [1.807, 2.05) is 4.72 Å². The number of Topliss-reactive ketones (excluding diaryl/α,β-unsaturated/α-hetero) is 1. The van der Waals surface area contributed by atoms with Crippen LogP contribution in [0.15, 0.2) is 29.2 Å². The van der Waals surface area contributed by atoms with Crippen molar-refractivity contribution in [2.75, 3.05) is 0 Å². The van der Waals surface area contributed by atoms with Crippen molar-refractivity contribution in [3.8, 4) is 0 Å². The summed E-state index contributed by atoms with van der Waals surface area (Å²) in [6, 6.07) is 4.80. The number of halogens is 1. The molecular weight excluding hydrogens is 340 g/mol. The summed E-state index contributed by atoms with van der Waals surface area (Å²) in [4.78, 5) is 23.0. The smallest absolute Gasteiger partial charge is 0.328 e. The molecular formula is C15H21ClN2O4S. The number of urea groups is 1. The molecule has 0 saturated heterocycles. The monoisotopic (exact) mass is 360 g/mol. The van der Waals surface area contributed by atoms with E-state index < -0.39 is 16.1 Å². The van der Waals surface area contributed by atoms with Crippen molar-refractivity contribution in [1.29, 1.82) is 0 Å². The second-order valence-corrected chi connectivity index (χ2v) is 7.18. The summed E-state index contributed by atoms with van der Waals surface area (Å²) in [5.74, 6) is -0.146. The molecule has 1 fully saturated rings. The zero-order valence-corrected chi connectivity index (χ0v) is 14.5. The predicted octanol–water partition coefficient (Wildman–Crippen LogP) is 2.63. The molecule has 1 aromatic rings. The summed E-state index contributed by atoms with van der Waals surface area (Å²) < 4.78 is 26.2. The summed E-state index contributed by atoms with van der Waals surface area (Å²) in [6.45, 7) is 1.40. The minimum Gasteiger partial charge on any atom is -0.335 e. The van der Waals surface area contributed by atoms with Crippen LogP contribution in [0.3, 0.4) is 0 Å². The topological polar surface area (TPSA) is 92.3 Å². The maximum absolute atomic E-state index is 12.1. The lowest BCUT2D eigenvalue weighted by Crippen LogP contribution is -2.45. The quantitative estimate of drug-likeness (QED) is 0.807. The van der Waals surface area contributed by atoms with E-state index in [1.54, 1.807) is 0 Å². The van der Waals surface area contributed by atoms with Crippen LogP contribution in [-0.4, -0.2) is 26.3 Å². The minimum absolute atomic E-state index is 0. The van der Waals surface area contributed by atoms with Crippen molar-refractivity contribution in [2.45, 2.75) is 50.0 Å². The molecule has 6 nitrogen and oxygen atoms in total. The highest BCUT2D eigenvalue weighted by molar-refractivity contribution is 7.90. The molecule has 0 radical (unpaired) electrons. The van der Waals surface area contributed by atoms with Crippen LogP contribution in [0.1, 0.15) is 49.4 Å². The molecule has 2 N–H and O–H groups in total. The van der Waals surface area contributed by atoms with Crippen LogP contribution in [0, 0.1) is 0 Å². The van der Waals surface area contributed by atoms with Gasteiger partial charge in [0.15, 0.2) is 5.78 Å². The minimum atomic E-state index is -3.93. The summed E-state index contributed by atoms with van der Waals surface area (Å²) >= 11 is 0. The average Bonchev–Trinajstić information content (AvgIpc) is 2.47. The van der Waals surface area contributed by atoms with Crippen molar-refractivity contribution in [2.24, 2.45) is 0 Å². The van der Waals surface area contributed by atoms with E-state index in [4.69, 9.17) is 0 Å². The van der Waals surface area contributed by atoms with Crippen molar-refractivity contribution in [3.63, 3.8) is 0 Å². The first-order valence-corrected chi connectivity index (χ1v) is 8.81. The van der Waals surface area contributed by atoms with Gasteiger partial charge in [-0.05, 0) is 31.9 Å². The van der Waals surface area contributed by atoms with Crippen molar-refractivity contribution >= 4 is 34.2 Å². The SMILES string of the molecule is CC(=O)c1ccc(S(=O)(=O)NC(=O)NC2CCCCC2)cc1.Cl. The van der Waals surface area contributed by atoms with E-state index >= 15 is 0 Å². The van der Waals surface area contributed by atoms with Crippen molar-refractivity contribution in [3.05, 3.63) is 29.8 Å². The zero-order valence-electron chi connectivity index (χ0n) is 12.9. The van der Waals surface area contributed by atoms with Gasteiger partial charge in [0.05, 0.1) is 4.90 Å². The summed E-state index contributed by atoms with van der Waals surface area (Å²) in [5, 5.41) is 2.69. The number of rotatable bonds is 4. The molecule has 2 amide bonds. The van der Waals surface area contributed by atoms with E-state index in [0.29, 0.717) is 5.56 Å². The van der Waals surface area contributed by atoms with E-state index in [-0.39, 0.29) is 29.1 Å². The van der Waals surface area contributed by atoms with Gasteiger partial charge in [-0.2, -0.15) is 0 Å². The fourth-order valence-electron chi connectivity index (χ4n) is 2.51. The molecule has 0 heterocycles. The van der Waals surface area contributed by atoms with Crippen molar-refractivity contribution < 1.29 is 18.0 Å². The Morgan fingerprint density at radius 1 is 1.04 bits per heavy atom. The third-order valence-corrected chi connectivity index (χ3v) is 5.09. The van der Waals surface area contributed by atoms with Gasteiger partial charge < -0.3 is 5.32 Å². The number of amides is 2. The van der Waals surface area contributed by atoms with Crippen molar-refractivity contribution in [1.82, 2.24) is 10.0 Å². The highest BCUT2D eigenvalue weighted by Crippen LogP contribution is 2.17. The van der Waals surface area contributed by atoms with Gasteiger partial charge in [0.1, 0.15) is 0 Å². The van der Waals surface area contributed by atoms with Gasteiger partial charge in [0.25, 0.3) is 10.0 Å². The summed E-state index contributed by atoms with van der Waals surface area (Å²) in [6.07, 6.45) is 5.00. The summed E-state index contributed by atoms with van der Waals surface area (Å²) in [7, 11) is -3.93. The molecule has 1 aliphatic rings. The van der Waals surface area contributed by atoms with Crippen LogP contribution in [0.5, 0.6) is 0 Å². The number of benzene rings is 1. The lowest BCUT2D eigenvalue weighted by atomic mass is 9.96. The Kier molecular flexibility index (Phi) is 7.02. The molecule has 1 aliphatic carbocycles. The maximum atomic E-state index is 12.1. The number of hydrogen-bond acceptors (Lipinski definition) is 4. The van der Waals surface area contributed by atoms with Crippen LogP contribution in [0.2, 0.25) is 0 Å². The van der Waals surface area contributed by atoms with Gasteiger partial charge in [-0.3, -0.25) is 4.79 Å². The Bertz CT molecular complexity index is 653. The highest BCUT2D eigenvalue weighted by Gasteiger charge is 2.21. The summed E-state index contributed by atoms with van der Waals surface area (Å²) in [5.41, 5.74) is 0.422. The fourth-order valence-corrected chi connectivity index (χ4v) is 3.43. The van der Waals surface area contributed by atoms with Crippen LogP contribution in [0.4, 0.5) is 4.79 Å². The van der Waals surface area contributed by atoms with E-state index in [1.165, 1.54) is 31.2 Å². The molecule has 0 atom stereocenters. The third-order valence-electron chi connectivity index (χ3n) is 3.74. The molecule has 1 saturated carbocycles.